The number of thiophene rings is 1. The Morgan fingerprint density at radius 2 is 1.56 bits per heavy atom. The minimum Gasteiger partial charge on any atom is -0.397 e. The molecule has 0 spiro atoms. The van der Waals surface area contributed by atoms with Gasteiger partial charge in [0.25, 0.3) is 5.91 Å². The Labute approximate surface area is 193 Å². The largest absolute Gasteiger partial charge is 0.397 e. The normalized spacial score (nSPS) is 11.5. The van der Waals surface area contributed by atoms with Crippen molar-refractivity contribution >= 4 is 33.1 Å². The molecule has 0 fully saturated rings. The number of rotatable bonds is 5. The van der Waals surface area contributed by atoms with Crippen LogP contribution in [0.1, 0.15) is 42.9 Å². The van der Waals surface area contributed by atoms with E-state index in [0.29, 0.717) is 10.6 Å². The molecule has 0 saturated carbocycles. The van der Waals surface area contributed by atoms with Crippen LogP contribution in [0.5, 0.6) is 0 Å². The fourth-order valence-electron chi connectivity index (χ4n) is 4.18. The van der Waals surface area contributed by atoms with Crippen molar-refractivity contribution in [2.24, 2.45) is 0 Å². The predicted octanol–water partition coefficient (Wildman–Crippen LogP) is 6.78. The second kappa shape index (κ2) is 8.75. The molecule has 0 saturated heterocycles. The van der Waals surface area contributed by atoms with E-state index in [2.05, 4.69) is 49.4 Å². The maximum absolute atomic E-state index is 13.5. The Balaban J connectivity index is 1.97. The summed E-state index contributed by atoms with van der Waals surface area (Å²) in [6, 6.07) is 20.8. The molecule has 4 rings (SSSR count). The van der Waals surface area contributed by atoms with E-state index in [1.54, 1.807) is 0 Å². The zero-order chi connectivity index (χ0) is 23.0. The molecule has 0 atom stereocenters. The third kappa shape index (κ3) is 4.00. The van der Waals surface area contributed by atoms with Crippen LogP contribution in [0.4, 0.5) is 5.69 Å². The molecule has 0 aliphatic rings. The van der Waals surface area contributed by atoms with E-state index in [-0.39, 0.29) is 18.0 Å². The maximum Gasteiger partial charge on any atom is 0.266 e. The monoisotopic (exact) mass is 443 g/mol. The van der Waals surface area contributed by atoms with Crippen LogP contribution < -0.4 is 5.73 Å². The molecule has 2 aromatic carbocycles. The van der Waals surface area contributed by atoms with Crippen molar-refractivity contribution in [3.8, 4) is 22.4 Å². The van der Waals surface area contributed by atoms with Gasteiger partial charge in [-0.2, -0.15) is 0 Å². The Morgan fingerprint density at radius 1 is 0.938 bits per heavy atom. The van der Waals surface area contributed by atoms with E-state index in [0.717, 1.165) is 32.6 Å². The van der Waals surface area contributed by atoms with Crippen molar-refractivity contribution < 1.29 is 4.79 Å². The molecular weight excluding hydrogens is 414 g/mol. The summed E-state index contributed by atoms with van der Waals surface area (Å²) in [6.45, 7) is 10.2. The number of carbonyl (C=O) groups excluding carboxylic acids is 1. The summed E-state index contributed by atoms with van der Waals surface area (Å²) in [6.07, 6.45) is 0. The van der Waals surface area contributed by atoms with Crippen LogP contribution in [0.3, 0.4) is 0 Å². The van der Waals surface area contributed by atoms with Crippen molar-refractivity contribution in [1.29, 1.82) is 0 Å². The van der Waals surface area contributed by atoms with Crippen molar-refractivity contribution in [3.05, 3.63) is 71.1 Å². The van der Waals surface area contributed by atoms with E-state index in [1.807, 2.05) is 50.8 Å². The van der Waals surface area contributed by atoms with Gasteiger partial charge in [0.1, 0.15) is 9.71 Å². The van der Waals surface area contributed by atoms with E-state index >= 15 is 0 Å². The van der Waals surface area contributed by atoms with Gasteiger partial charge in [-0.15, -0.1) is 11.3 Å². The standard InChI is InChI=1S/C27H29N3OS/c1-16(2)30(17(3)4)27(31)25-24(28)23-21(19-13-11-18(5)12-14-19)15-22(29-26(23)32-25)20-9-7-6-8-10-20/h6-17H,28H2,1-5H3. The molecule has 0 bridgehead atoms. The SMILES string of the molecule is Cc1ccc(-c2cc(-c3ccccc3)nc3sc(C(=O)N(C(C)C)C(C)C)c(N)c23)cc1. The van der Waals surface area contributed by atoms with Gasteiger partial charge < -0.3 is 10.6 Å². The van der Waals surface area contributed by atoms with Crippen molar-refractivity contribution in [2.75, 3.05) is 5.73 Å². The van der Waals surface area contributed by atoms with E-state index < -0.39 is 0 Å². The van der Waals surface area contributed by atoms with Gasteiger partial charge >= 0.3 is 0 Å². The number of carbonyl (C=O) groups is 1. The molecule has 0 aliphatic carbocycles. The molecule has 0 aliphatic heterocycles. The molecule has 5 heteroatoms. The molecule has 164 valence electrons. The second-order valence-electron chi connectivity index (χ2n) is 8.71. The van der Waals surface area contributed by atoms with Crippen LogP contribution in [0.15, 0.2) is 60.7 Å². The molecule has 4 aromatic rings. The fourth-order valence-corrected chi connectivity index (χ4v) is 5.24. The summed E-state index contributed by atoms with van der Waals surface area (Å²) >= 11 is 1.39. The number of aryl methyl sites for hydroxylation is 1. The maximum atomic E-state index is 13.5. The quantitative estimate of drug-likeness (QED) is 0.370. The molecular formula is C27H29N3OS. The molecule has 2 heterocycles. The summed E-state index contributed by atoms with van der Waals surface area (Å²) in [5, 5.41) is 0.856. The Kier molecular flexibility index (Phi) is 6.02. The Morgan fingerprint density at radius 3 is 2.16 bits per heavy atom. The zero-order valence-corrected chi connectivity index (χ0v) is 20.0. The van der Waals surface area contributed by atoms with Crippen molar-refractivity contribution in [1.82, 2.24) is 9.88 Å². The summed E-state index contributed by atoms with van der Waals surface area (Å²) in [4.78, 5) is 21.7. The van der Waals surface area contributed by atoms with Crippen LogP contribution in [0.25, 0.3) is 32.6 Å². The lowest BCUT2D eigenvalue weighted by Gasteiger charge is -2.30. The number of anilines is 1. The van der Waals surface area contributed by atoms with Crippen molar-refractivity contribution in [2.45, 2.75) is 46.7 Å². The lowest BCUT2D eigenvalue weighted by atomic mass is 9.98. The highest BCUT2D eigenvalue weighted by molar-refractivity contribution is 7.21. The third-order valence-electron chi connectivity index (χ3n) is 5.67. The Bertz CT molecular complexity index is 1250. The number of nitrogens with two attached hydrogens (primary N) is 1. The number of hydrogen-bond acceptors (Lipinski definition) is 4. The molecule has 4 nitrogen and oxygen atoms in total. The number of nitrogens with zero attached hydrogens (tertiary/aromatic N) is 2. The van der Waals surface area contributed by atoms with Gasteiger partial charge in [-0.1, -0.05) is 60.2 Å². The van der Waals surface area contributed by atoms with Crippen LogP contribution >= 0.6 is 11.3 Å². The molecule has 0 radical (unpaired) electrons. The van der Waals surface area contributed by atoms with E-state index in [9.17, 15) is 4.79 Å². The average molecular weight is 444 g/mol. The minimum atomic E-state index is -0.0355. The number of nitrogen functional groups attached to an aromatic ring is 1. The van der Waals surface area contributed by atoms with Gasteiger partial charge in [0, 0.05) is 23.0 Å². The van der Waals surface area contributed by atoms with Crippen LogP contribution in [-0.4, -0.2) is 27.9 Å². The molecule has 0 unspecified atom stereocenters. The van der Waals surface area contributed by atoms with Crippen LogP contribution in [0, 0.1) is 6.92 Å². The van der Waals surface area contributed by atoms with Gasteiger partial charge in [0.15, 0.2) is 0 Å². The first-order valence-electron chi connectivity index (χ1n) is 11.0. The third-order valence-corrected chi connectivity index (χ3v) is 6.76. The number of hydrogen-bond donors (Lipinski definition) is 1. The van der Waals surface area contributed by atoms with Crippen LogP contribution in [0.2, 0.25) is 0 Å². The average Bonchev–Trinajstić information content (AvgIpc) is 3.10. The topological polar surface area (TPSA) is 59.2 Å². The number of aromatic nitrogens is 1. The predicted molar refractivity (Wildman–Crippen MR) is 136 cm³/mol. The van der Waals surface area contributed by atoms with Gasteiger partial charge in [-0.05, 0) is 51.8 Å². The van der Waals surface area contributed by atoms with Crippen LogP contribution in [-0.2, 0) is 0 Å². The Hall–Kier alpha value is -3.18. The summed E-state index contributed by atoms with van der Waals surface area (Å²) < 4.78 is 0. The smallest absolute Gasteiger partial charge is 0.266 e. The van der Waals surface area contributed by atoms with Gasteiger partial charge in [0.05, 0.1) is 11.4 Å². The first kappa shape index (κ1) is 22.0. The summed E-state index contributed by atoms with van der Waals surface area (Å²) in [7, 11) is 0. The molecule has 2 aromatic heterocycles. The lowest BCUT2D eigenvalue weighted by molar-refractivity contribution is 0.0650. The van der Waals surface area contributed by atoms with Gasteiger partial charge in [-0.25, -0.2) is 4.98 Å². The first-order chi connectivity index (χ1) is 15.3. The number of pyridine rings is 1. The summed E-state index contributed by atoms with van der Waals surface area (Å²) in [5.41, 5.74) is 12.3. The van der Waals surface area contributed by atoms with Gasteiger partial charge in [0.2, 0.25) is 0 Å². The summed E-state index contributed by atoms with van der Waals surface area (Å²) in [5.74, 6) is -0.0355. The highest BCUT2D eigenvalue weighted by Gasteiger charge is 2.28. The highest BCUT2D eigenvalue weighted by atomic mass is 32.1. The fraction of sp³-hybridized carbons (Fsp3) is 0.259. The second-order valence-corrected chi connectivity index (χ2v) is 9.71. The number of benzene rings is 2. The van der Waals surface area contributed by atoms with E-state index in [1.165, 1.54) is 16.9 Å². The van der Waals surface area contributed by atoms with Crippen molar-refractivity contribution in [3.63, 3.8) is 0 Å². The lowest BCUT2D eigenvalue weighted by Crippen LogP contribution is -2.41. The molecule has 2 N–H and O–H groups in total. The zero-order valence-electron chi connectivity index (χ0n) is 19.2. The van der Waals surface area contributed by atoms with Gasteiger partial charge in [-0.3, -0.25) is 4.79 Å². The molecule has 32 heavy (non-hydrogen) atoms. The molecule has 1 amide bonds. The minimum absolute atomic E-state index is 0.0355. The first-order valence-corrected chi connectivity index (χ1v) is 11.8. The highest BCUT2D eigenvalue weighted by Crippen LogP contribution is 2.42. The van der Waals surface area contributed by atoms with E-state index in [4.69, 9.17) is 10.7 Å². The number of amides is 1. The number of fused-ring (bicyclic) bond motifs is 1.